The normalized spacial score (nSPS) is 28.1. The standard InChI is InChI=1S/C25H26O6/c1-15(16-9-6-5-7-10-16)30-20-14-19(26)24(2,3)21-22(27)31-23(28)25(20,21)17-11-8-12-18(13-17)29-4/h5-13,15,20-21H,14H2,1-4H3/t15-,20+,21-,25+/m0/s1. The number of benzene rings is 2. The van der Waals surface area contributed by atoms with Crippen LogP contribution in [0.15, 0.2) is 54.6 Å². The molecule has 1 saturated carbocycles. The van der Waals surface area contributed by atoms with Crippen LogP contribution in [-0.4, -0.2) is 30.9 Å². The average molecular weight is 422 g/mol. The summed E-state index contributed by atoms with van der Waals surface area (Å²) in [5.74, 6) is -1.95. The number of carbonyl (C=O) groups excluding carboxylic acids is 3. The first-order chi connectivity index (χ1) is 14.7. The lowest BCUT2D eigenvalue weighted by atomic mass is 9.52. The van der Waals surface area contributed by atoms with Gasteiger partial charge in [0.2, 0.25) is 0 Å². The number of hydrogen-bond donors (Lipinski definition) is 0. The Morgan fingerprint density at radius 3 is 2.42 bits per heavy atom. The molecule has 0 N–H and O–H groups in total. The predicted octanol–water partition coefficient (Wildman–Crippen LogP) is 3.78. The van der Waals surface area contributed by atoms with Crippen molar-refractivity contribution in [3.63, 3.8) is 0 Å². The molecule has 0 aromatic heterocycles. The van der Waals surface area contributed by atoms with Gasteiger partial charge in [-0.05, 0) is 30.2 Å². The van der Waals surface area contributed by atoms with Gasteiger partial charge >= 0.3 is 11.9 Å². The minimum absolute atomic E-state index is 0.000261. The van der Waals surface area contributed by atoms with E-state index < -0.39 is 40.9 Å². The fourth-order valence-corrected chi connectivity index (χ4v) is 5.03. The third kappa shape index (κ3) is 3.17. The van der Waals surface area contributed by atoms with E-state index in [0.29, 0.717) is 11.3 Å². The van der Waals surface area contributed by atoms with Gasteiger partial charge in [0, 0.05) is 11.8 Å². The van der Waals surface area contributed by atoms with Gasteiger partial charge in [-0.15, -0.1) is 0 Å². The van der Waals surface area contributed by atoms with Gasteiger partial charge in [0.1, 0.15) is 16.9 Å². The van der Waals surface area contributed by atoms with Crippen LogP contribution in [0.2, 0.25) is 0 Å². The molecule has 4 atom stereocenters. The fraction of sp³-hybridized carbons (Fsp3) is 0.400. The lowest BCUT2D eigenvalue weighted by Crippen LogP contribution is -2.61. The van der Waals surface area contributed by atoms with Gasteiger partial charge in [-0.3, -0.25) is 14.4 Å². The molecule has 31 heavy (non-hydrogen) atoms. The zero-order valence-corrected chi connectivity index (χ0v) is 18.1. The summed E-state index contributed by atoms with van der Waals surface area (Å²) in [5.41, 5.74) is -1.05. The van der Waals surface area contributed by atoms with Crippen LogP contribution in [0.4, 0.5) is 0 Å². The zero-order valence-electron chi connectivity index (χ0n) is 18.1. The van der Waals surface area contributed by atoms with E-state index in [1.807, 2.05) is 37.3 Å². The van der Waals surface area contributed by atoms with E-state index in [1.54, 1.807) is 38.1 Å². The van der Waals surface area contributed by atoms with Crippen molar-refractivity contribution >= 4 is 17.7 Å². The highest BCUT2D eigenvalue weighted by molar-refractivity contribution is 6.08. The van der Waals surface area contributed by atoms with Crippen LogP contribution >= 0.6 is 0 Å². The number of methoxy groups -OCH3 is 1. The first-order valence-electron chi connectivity index (χ1n) is 10.4. The molecular formula is C25H26O6. The van der Waals surface area contributed by atoms with E-state index in [9.17, 15) is 14.4 Å². The third-order valence-corrected chi connectivity index (χ3v) is 6.73. The molecule has 0 spiro atoms. The highest BCUT2D eigenvalue weighted by Crippen LogP contribution is 2.57. The maximum Gasteiger partial charge on any atom is 0.327 e. The molecule has 162 valence electrons. The van der Waals surface area contributed by atoms with Gasteiger partial charge in [-0.1, -0.05) is 56.3 Å². The van der Waals surface area contributed by atoms with Crippen LogP contribution in [0.1, 0.15) is 44.4 Å². The Balaban J connectivity index is 1.88. The van der Waals surface area contributed by atoms with Crippen molar-refractivity contribution in [1.29, 1.82) is 0 Å². The fourth-order valence-electron chi connectivity index (χ4n) is 5.03. The molecule has 2 aromatic carbocycles. The zero-order chi connectivity index (χ0) is 22.4. The maximum atomic E-state index is 13.4. The molecule has 6 nitrogen and oxygen atoms in total. The number of carbonyl (C=O) groups is 3. The highest BCUT2D eigenvalue weighted by Gasteiger charge is 2.72. The maximum absolute atomic E-state index is 13.4. The Labute approximate surface area is 181 Å². The second-order valence-electron chi connectivity index (χ2n) is 8.77. The molecule has 2 aliphatic rings. The first-order valence-corrected chi connectivity index (χ1v) is 10.4. The van der Waals surface area contributed by atoms with Crippen LogP contribution in [0.3, 0.4) is 0 Å². The second kappa shape index (κ2) is 7.61. The molecule has 1 aliphatic carbocycles. The van der Waals surface area contributed by atoms with Crippen molar-refractivity contribution < 1.29 is 28.6 Å². The monoisotopic (exact) mass is 422 g/mol. The topological polar surface area (TPSA) is 78.9 Å². The smallest absolute Gasteiger partial charge is 0.327 e. The quantitative estimate of drug-likeness (QED) is 0.539. The number of rotatable bonds is 5. The summed E-state index contributed by atoms with van der Waals surface area (Å²) in [7, 11) is 1.53. The Morgan fingerprint density at radius 1 is 1.03 bits per heavy atom. The molecular weight excluding hydrogens is 396 g/mol. The summed E-state index contributed by atoms with van der Waals surface area (Å²) in [4.78, 5) is 39.4. The molecule has 0 radical (unpaired) electrons. The van der Waals surface area contributed by atoms with Crippen molar-refractivity contribution in [2.75, 3.05) is 7.11 Å². The lowest BCUT2D eigenvalue weighted by molar-refractivity contribution is -0.162. The van der Waals surface area contributed by atoms with E-state index >= 15 is 0 Å². The summed E-state index contributed by atoms with van der Waals surface area (Å²) in [6, 6.07) is 16.6. The highest BCUT2D eigenvalue weighted by atomic mass is 16.6. The Bertz CT molecular complexity index is 1030. The average Bonchev–Trinajstić information content (AvgIpc) is 3.04. The van der Waals surface area contributed by atoms with Crippen molar-refractivity contribution in [3.8, 4) is 5.75 Å². The summed E-state index contributed by atoms with van der Waals surface area (Å²) in [6.07, 6.45) is -1.26. The Morgan fingerprint density at radius 2 is 1.74 bits per heavy atom. The molecule has 1 aliphatic heterocycles. The second-order valence-corrected chi connectivity index (χ2v) is 8.77. The SMILES string of the molecule is COc1cccc([C@]23C(=O)OC(=O)[C@H]2C(C)(C)C(=O)C[C@H]3O[C@@H](C)c2ccccc2)c1. The van der Waals surface area contributed by atoms with Crippen LogP contribution in [0.5, 0.6) is 5.75 Å². The molecule has 2 fully saturated rings. The van der Waals surface area contributed by atoms with Gasteiger partial charge < -0.3 is 14.2 Å². The van der Waals surface area contributed by atoms with Crippen LogP contribution in [0, 0.1) is 11.3 Å². The molecule has 2 aromatic rings. The molecule has 1 heterocycles. The molecule has 4 rings (SSSR count). The first kappa shape index (κ1) is 21.2. The molecule has 0 unspecified atom stereocenters. The van der Waals surface area contributed by atoms with E-state index in [0.717, 1.165) is 5.56 Å². The number of ketones is 1. The van der Waals surface area contributed by atoms with Gasteiger partial charge in [0.05, 0.1) is 25.2 Å². The van der Waals surface area contributed by atoms with Gasteiger partial charge in [0.15, 0.2) is 0 Å². The van der Waals surface area contributed by atoms with Crippen molar-refractivity contribution in [2.24, 2.45) is 11.3 Å². The molecule has 1 saturated heterocycles. The third-order valence-electron chi connectivity index (χ3n) is 6.73. The van der Waals surface area contributed by atoms with Crippen LogP contribution < -0.4 is 4.74 Å². The summed E-state index contributed by atoms with van der Waals surface area (Å²) in [6.45, 7) is 5.27. The Kier molecular flexibility index (Phi) is 5.21. The van der Waals surface area contributed by atoms with Gasteiger partial charge in [-0.25, -0.2) is 0 Å². The number of ether oxygens (including phenoxy) is 3. The van der Waals surface area contributed by atoms with Gasteiger partial charge in [-0.2, -0.15) is 0 Å². The predicted molar refractivity (Wildman–Crippen MR) is 112 cm³/mol. The number of hydrogen-bond acceptors (Lipinski definition) is 6. The minimum Gasteiger partial charge on any atom is -0.497 e. The van der Waals surface area contributed by atoms with Crippen LogP contribution in [0.25, 0.3) is 0 Å². The number of fused-ring (bicyclic) bond motifs is 1. The van der Waals surface area contributed by atoms with Crippen molar-refractivity contribution in [2.45, 2.75) is 44.8 Å². The summed E-state index contributed by atoms with van der Waals surface area (Å²) >= 11 is 0. The minimum atomic E-state index is -1.44. The Hall–Kier alpha value is -2.99. The van der Waals surface area contributed by atoms with E-state index in [4.69, 9.17) is 14.2 Å². The number of esters is 2. The van der Waals surface area contributed by atoms with E-state index in [2.05, 4.69) is 0 Å². The summed E-state index contributed by atoms with van der Waals surface area (Å²) in [5, 5.41) is 0. The van der Waals surface area contributed by atoms with Crippen molar-refractivity contribution in [1.82, 2.24) is 0 Å². The van der Waals surface area contributed by atoms with Gasteiger partial charge in [0.25, 0.3) is 0 Å². The largest absolute Gasteiger partial charge is 0.497 e. The lowest BCUT2D eigenvalue weighted by Gasteiger charge is -2.48. The van der Waals surface area contributed by atoms with E-state index in [1.165, 1.54) is 7.11 Å². The molecule has 0 amide bonds. The van der Waals surface area contributed by atoms with Crippen LogP contribution in [-0.2, 0) is 29.3 Å². The molecule has 6 heteroatoms. The number of cyclic esters (lactones) is 2. The summed E-state index contributed by atoms with van der Waals surface area (Å²) < 4.78 is 16.9. The number of Topliss-reactive ketones (excluding diaryl/α,β-unsaturated/α-hetero) is 1. The van der Waals surface area contributed by atoms with Crippen molar-refractivity contribution in [3.05, 3.63) is 65.7 Å². The molecule has 0 bridgehead atoms. The van der Waals surface area contributed by atoms with E-state index in [-0.39, 0.29) is 12.2 Å².